The highest BCUT2D eigenvalue weighted by Gasteiger charge is 1.96. The first-order valence-corrected chi connectivity index (χ1v) is 2.92. The minimum Gasteiger partial charge on any atom is -0.390 e. The highest BCUT2D eigenvalue weighted by atomic mass is 79.9. The quantitative estimate of drug-likeness (QED) is 0.661. The largest absolute Gasteiger partial charge is 0.390 e. The molecule has 8 heavy (non-hydrogen) atoms. The minimum atomic E-state index is 0.000579. The smallest absolute Gasteiger partial charge is 0.0858 e. The van der Waals surface area contributed by atoms with Crippen molar-refractivity contribution in [2.24, 2.45) is 0 Å². The lowest BCUT2D eigenvalue weighted by atomic mass is 10.5. The Hall–Kier alpha value is -0.350. The van der Waals surface area contributed by atoms with Crippen molar-refractivity contribution in [2.75, 3.05) is 0 Å². The lowest BCUT2D eigenvalue weighted by molar-refractivity contribution is 0.276. The number of aliphatic hydroxyl groups excluding tert-OH is 1. The normalized spacial score (nSPS) is 9.75. The predicted octanol–water partition coefficient (Wildman–Crippen LogP) is 0.665. The number of aromatic nitrogens is 2. The first-order valence-electron chi connectivity index (χ1n) is 2.13. The molecule has 0 amide bonds. The maximum Gasteiger partial charge on any atom is 0.0858 e. The first kappa shape index (κ1) is 5.78. The zero-order valence-corrected chi connectivity index (χ0v) is 5.64. The van der Waals surface area contributed by atoms with E-state index in [9.17, 15) is 0 Å². The van der Waals surface area contributed by atoms with Crippen LogP contribution in [0.5, 0.6) is 0 Å². The molecular formula is C4H5BrN2O. The second-order valence-corrected chi connectivity index (χ2v) is 2.21. The number of nitrogens with one attached hydrogen (secondary N) is 1. The number of H-pyrrole nitrogens is 1. The molecule has 0 aromatic carbocycles. The maximum absolute atomic E-state index is 8.51. The summed E-state index contributed by atoms with van der Waals surface area (Å²) in [7, 11) is 0. The third-order valence-corrected chi connectivity index (χ3v) is 1.51. The fourth-order valence-electron chi connectivity index (χ4n) is 0.409. The standard InChI is InChI=1S/C4H5BrN2O/c5-3-1-6-7-4(3)2-8/h1,8H,2H2,(H,6,7). The molecule has 0 atom stereocenters. The highest BCUT2D eigenvalue weighted by molar-refractivity contribution is 9.10. The van der Waals surface area contributed by atoms with Gasteiger partial charge in [0.25, 0.3) is 0 Å². The summed E-state index contributed by atoms with van der Waals surface area (Å²) in [5.74, 6) is 0. The molecule has 0 bridgehead atoms. The molecular weight excluding hydrogens is 172 g/mol. The van der Waals surface area contributed by atoms with Gasteiger partial charge in [-0.25, -0.2) is 0 Å². The van der Waals surface area contributed by atoms with E-state index in [1.54, 1.807) is 6.20 Å². The van der Waals surface area contributed by atoms with Crippen molar-refractivity contribution in [2.45, 2.75) is 6.61 Å². The van der Waals surface area contributed by atoms with E-state index in [1.165, 1.54) is 0 Å². The van der Waals surface area contributed by atoms with Crippen molar-refractivity contribution >= 4 is 15.9 Å². The van der Waals surface area contributed by atoms with E-state index in [0.717, 1.165) is 4.47 Å². The van der Waals surface area contributed by atoms with Gasteiger partial charge in [-0.15, -0.1) is 0 Å². The zero-order chi connectivity index (χ0) is 5.98. The Balaban J connectivity index is 2.92. The molecule has 0 aliphatic rings. The Bertz CT molecular complexity index is 174. The Morgan fingerprint density at radius 2 is 2.62 bits per heavy atom. The third-order valence-electron chi connectivity index (χ3n) is 0.824. The van der Waals surface area contributed by atoms with Crippen molar-refractivity contribution in [3.63, 3.8) is 0 Å². The molecule has 3 nitrogen and oxygen atoms in total. The van der Waals surface area contributed by atoms with E-state index in [1.807, 2.05) is 0 Å². The molecule has 0 radical (unpaired) electrons. The SMILES string of the molecule is OCc1[nH]ncc1Br. The van der Waals surface area contributed by atoms with Crippen LogP contribution in [0.1, 0.15) is 5.69 Å². The molecule has 1 aromatic heterocycles. The molecule has 44 valence electrons. The van der Waals surface area contributed by atoms with Gasteiger partial charge < -0.3 is 5.11 Å². The predicted molar refractivity (Wildman–Crippen MR) is 32.2 cm³/mol. The molecule has 0 aliphatic carbocycles. The molecule has 4 heteroatoms. The Labute approximate surface area is 54.9 Å². The van der Waals surface area contributed by atoms with E-state index in [-0.39, 0.29) is 6.61 Å². The average molecular weight is 177 g/mol. The van der Waals surface area contributed by atoms with Gasteiger partial charge in [0.1, 0.15) is 0 Å². The van der Waals surface area contributed by atoms with Crippen LogP contribution in [0.3, 0.4) is 0 Å². The maximum atomic E-state index is 8.51. The van der Waals surface area contributed by atoms with Crippen LogP contribution in [0, 0.1) is 0 Å². The number of rotatable bonds is 1. The summed E-state index contributed by atoms with van der Waals surface area (Å²) in [5, 5.41) is 14.8. The average Bonchev–Trinajstić information content (AvgIpc) is 2.14. The van der Waals surface area contributed by atoms with Crippen LogP contribution < -0.4 is 0 Å². The van der Waals surface area contributed by atoms with Crippen molar-refractivity contribution < 1.29 is 5.11 Å². The van der Waals surface area contributed by atoms with Gasteiger partial charge in [0.05, 0.1) is 23.0 Å². The Morgan fingerprint density at radius 3 is 2.88 bits per heavy atom. The van der Waals surface area contributed by atoms with Crippen molar-refractivity contribution in [1.29, 1.82) is 0 Å². The fraction of sp³-hybridized carbons (Fsp3) is 0.250. The summed E-state index contributed by atoms with van der Waals surface area (Å²) >= 11 is 3.17. The van der Waals surface area contributed by atoms with Gasteiger partial charge >= 0.3 is 0 Å². The number of aromatic amines is 1. The van der Waals surface area contributed by atoms with Crippen molar-refractivity contribution in [3.05, 3.63) is 16.4 Å². The fourth-order valence-corrected chi connectivity index (χ4v) is 0.725. The van der Waals surface area contributed by atoms with Crippen LogP contribution in [0.4, 0.5) is 0 Å². The van der Waals surface area contributed by atoms with Gasteiger partial charge in [-0.3, -0.25) is 5.10 Å². The van der Waals surface area contributed by atoms with Crippen molar-refractivity contribution in [3.8, 4) is 0 Å². The molecule has 1 heterocycles. The van der Waals surface area contributed by atoms with E-state index in [2.05, 4.69) is 26.1 Å². The van der Waals surface area contributed by atoms with E-state index in [4.69, 9.17) is 5.11 Å². The number of aliphatic hydroxyl groups is 1. The Kier molecular flexibility index (Phi) is 1.65. The molecule has 0 aliphatic heterocycles. The molecule has 1 rings (SSSR count). The topological polar surface area (TPSA) is 48.9 Å². The number of hydrogen-bond donors (Lipinski definition) is 2. The van der Waals surface area contributed by atoms with E-state index in [0.29, 0.717) is 5.69 Å². The van der Waals surface area contributed by atoms with E-state index < -0.39 is 0 Å². The third kappa shape index (κ3) is 0.900. The highest BCUT2D eigenvalue weighted by Crippen LogP contribution is 2.11. The molecule has 2 N–H and O–H groups in total. The summed E-state index contributed by atoms with van der Waals surface area (Å²) in [6, 6.07) is 0. The minimum absolute atomic E-state index is 0.000579. The second-order valence-electron chi connectivity index (χ2n) is 1.35. The lowest BCUT2D eigenvalue weighted by Gasteiger charge is -1.84. The van der Waals surface area contributed by atoms with Crippen molar-refractivity contribution in [1.82, 2.24) is 10.2 Å². The van der Waals surface area contributed by atoms with Gasteiger partial charge in [-0.1, -0.05) is 0 Å². The number of nitrogens with zero attached hydrogens (tertiary/aromatic N) is 1. The second kappa shape index (κ2) is 2.28. The van der Waals surface area contributed by atoms with E-state index >= 15 is 0 Å². The van der Waals surface area contributed by atoms with Gasteiger partial charge in [0, 0.05) is 0 Å². The van der Waals surface area contributed by atoms with Crippen LogP contribution >= 0.6 is 15.9 Å². The summed E-state index contributed by atoms with van der Waals surface area (Å²) in [4.78, 5) is 0. The summed E-state index contributed by atoms with van der Waals surface area (Å²) in [6.45, 7) is 0.000579. The van der Waals surface area contributed by atoms with Crippen LogP contribution in [-0.4, -0.2) is 15.3 Å². The molecule has 0 saturated carbocycles. The molecule has 0 saturated heterocycles. The molecule has 0 unspecified atom stereocenters. The van der Waals surface area contributed by atoms with Gasteiger partial charge in [-0.2, -0.15) is 5.10 Å². The Morgan fingerprint density at radius 1 is 1.88 bits per heavy atom. The van der Waals surface area contributed by atoms with Crippen LogP contribution in [0.15, 0.2) is 10.7 Å². The number of hydrogen-bond acceptors (Lipinski definition) is 2. The summed E-state index contributed by atoms with van der Waals surface area (Å²) in [6.07, 6.45) is 1.60. The van der Waals surface area contributed by atoms with Crippen LogP contribution in [-0.2, 0) is 6.61 Å². The summed E-state index contributed by atoms with van der Waals surface area (Å²) < 4.78 is 0.819. The molecule has 1 aromatic rings. The number of halogens is 1. The molecule has 0 spiro atoms. The van der Waals surface area contributed by atoms with Gasteiger partial charge in [0.15, 0.2) is 0 Å². The molecule has 0 fully saturated rings. The van der Waals surface area contributed by atoms with Gasteiger partial charge in [0.2, 0.25) is 0 Å². The monoisotopic (exact) mass is 176 g/mol. The summed E-state index contributed by atoms with van der Waals surface area (Å²) in [5.41, 5.74) is 0.713. The van der Waals surface area contributed by atoms with Crippen LogP contribution in [0.2, 0.25) is 0 Å². The lowest BCUT2D eigenvalue weighted by Crippen LogP contribution is -1.81. The van der Waals surface area contributed by atoms with Gasteiger partial charge in [-0.05, 0) is 15.9 Å². The van der Waals surface area contributed by atoms with Crippen LogP contribution in [0.25, 0.3) is 0 Å². The first-order chi connectivity index (χ1) is 3.84. The zero-order valence-electron chi connectivity index (χ0n) is 4.06.